The minimum Gasteiger partial charge on any atom is -0.388 e. The zero-order valence-electron chi connectivity index (χ0n) is 22.5. The molecule has 0 aliphatic rings. The van der Waals surface area contributed by atoms with Crippen LogP contribution in [0, 0.1) is 0 Å². The molecule has 0 aromatic heterocycles. The van der Waals surface area contributed by atoms with Crippen LogP contribution in [0.3, 0.4) is 0 Å². The first-order valence-electron chi connectivity index (χ1n) is 14.1. The van der Waals surface area contributed by atoms with E-state index in [-0.39, 0.29) is 0 Å². The lowest BCUT2D eigenvalue weighted by Gasteiger charge is -2.37. The van der Waals surface area contributed by atoms with Gasteiger partial charge in [0.15, 0.2) is 0 Å². The summed E-state index contributed by atoms with van der Waals surface area (Å²) in [5.74, 6) is 0. The highest BCUT2D eigenvalue weighted by Gasteiger charge is 2.29. The van der Waals surface area contributed by atoms with Crippen LogP contribution in [0.1, 0.15) is 110 Å². The number of rotatable bonds is 21. The van der Waals surface area contributed by atoms with Crippen LogP contribution in [0.15, 0.2) is 54.8 Å². The second kappa shape index (κ2) is 19.8. The van der Waals surface area contributed by atoms with Crippen molar-refractivity contribution < 1.29 is 14.7 Å². The monoisotopic (exact) mass is 472 g/mol. The quantitative estimate of drug-likeness (QED) is 0.108. The van der Waals surface area contributed by atoms with Crippen LogP contribution in [-0.4, -0.2) is 40.0 Å². The third kappa shape index (κ3) is 16.2. The van der Waals surface area contributed by atoms with Crippen LogP contribution in [0.4, 0.5) is 0 Å². The molecule has 0 heterocycles. The van der Waals surface area contributed by atoms with Crippen molar-refractivity contribution in [2.45, 2.75) is 123 Å². The number of allylic oxidation sites excluding steroid dienone is 3. The second-order valence-corrected chi connectivity index (χ2v) is 10.4. The Kier molecular flexibility index (Phi) is 17.9. The largest absolute Gasteiger partial charge is 0.388 e. The highest BCUT2D eigenvalue weighted by molar-refractivity contribution is 5.14. The van der Waals surface area contributed by atoms with E-state index in [1.165, 1.54) is 82.6 Å². The van der Waals surface area contributed by atoms with Crippen molar-refractivity contribution >= 4 is 0 Å². The average molecular weight is 473 g/mol. The Balaban J connectivity index is 2.34. The molecule has 0 spiro atoms. The van der Waals surface area contributed by atoms with Crippen molar-refractivity contribution in [3.63, 3.8) is 0 Å². The van der Waals surface area contributed by atoms with Crippen LogP contribution in [0.5, 0.6) is 0 Å². The Morgan fingerprint density at radius 3 is 1.71 bits per heavy atom. The molecule has 34 heavy (non-hydrogen) atoms. The number of aliphatic hydroxyl groups is 2. The number of quaternary nitrogens is 1. The number of aliphatic hydroxyl groups excluding tert-OH is 2. The molecule has 0 saturated heterocycles. The third-order valence-electron chi connectivity index (χ3n) is 6.47. The summed E-state index contributed by atoms with van der Waals surface area (Å²) in [6, 6.07) is 10.4. The zero-order valence-corrected chi connectivity index (χ0v) is 22.5. The lowest BCUT2D eigenvalue weighted by molar-refractivity contribution is -0.898. The zero-order chi connectivity index (χ0) is 24.9. The van der Waals surface area contributed by atoms with Gasteiger partial charge in [0, 0.05) is 5.56 Å². The molecule has 2 atom stereocenters. The van der Waals surface area contributed by atoms with E-state index in [1.54, 1.807) is 0 Å². The van der Waals surface area contributed by atoms with E-state index in [0.717, 1.165) is 13.0 Å². The fourth-order valence-electron chi connectivity index (χ4n) is 4.89. The van der Waals surface area contributed by atoms with Crippen molar-refractivity contribution in [2.24, 2.45) is 0 Å². The molecule has 1 rings (SSSR count). The van der Waals surface area contributed by atoms with Gasteiger partial charge in [-0.2, -0.15) is 0 Å². The minimum atomic E-state index is -0.433. The molecule has 0 aliphatic heterocycles. The van der Waals surface area contributed by atoms with E-state index in [9.17, 15) is 10.2 Å². The predicted octanol–water partition coefficient (Wildman–Crippen LogP) is 7.93. The molecule has 1 aromatic rings. The van der Waals surface area contributed by atoms with Crippen molar-refractivity contribution in [3.05, 3.63) is 60.3 Å². The van der Waals surface area contributed by atoms with E-state index in [1.807, 2.05) is 32.0 Å². The van der Waals surface area contributed by atoms with Gasteiger partial charge in [-0.25, -0.2) is 0 Å². The molecular weight excluding hydrogens is 418 g/mol. The third-order valence-corrected chi connectivity index (χ3v) is 6.47. The summed E-state index contributed by atoms with van der Waals surface area (Å²) in [6.45, 7) is 7.88. The molecule has 194 valence electrons. The number of nitrogens with zero attached hydrogens (tertiary/aromatic N) is 1. The molecule has 2 N–H and O–H groups in total. The van der Waals surface area contributed by atoms with E-state index in [4.69, 9.17) is 0 Å². The summed E-state index contributed by atoms with van der Waals surface area (Å²) in [4.78, 5) is 0. The SMILES string of the molecule is CCCCCCCCCCCCCC/C=C/C=C/[N+](Cc1ccccc1)(CC(C)O)CC(C)O. The first kappa shape index (κ1) is 30.6. The Bertz CT molecular complexity index is 626. The van der Waals surface area contributed by atoms with E-state index in [0.29, 0.717) is 17.6 Å². The first-order valence-corrected chi connectivity index (χ1v) is 14.1. The molecule has 3 heteroatoms. The lowest BCUT2D eigenvalue weighted by atomic mass is 10.0. The Morgan fingerprint density at radius 1 is 0.706 bits per heavy atom. The normalized spacial score (nSPS) is 15.7. The number of hydrogen-bond acceptors (Lipinski definition) is 2. The molecule has 3 nitrogen and oxygen atoms in total. The van der Waals surface area contributed by atoms with Gasteiger partial charge in [0.25, 0.3) is 0 Å². The maximum Gasteiger partial charge on any atom is 0.109 e. The molecule has 0 amide bonds. The molecule has 0 fully saturated rings. The molecular formula is C31H54NO2+. The van der Waals surface area contributed by atoms with Gasteiger partial charge in [-0.15, -0.1) is 0 Å². The summed E-state index contributed by atoms with van der Waals surface area (Å²) in [7, 11) is 0. The van der Waals surface area contributed by atoms with Gasteiger partial charge in [-0.3, -0.25) is 4.48 Å². The predicted molar refractivity (Wildman–Crippen MR) is 147 cm³/mol. The van der Waals surface area contributed by atoms with Crippen molar-refractivity contribution in [3.8, 4) is 0 Å². The molecule has 0 radical (unpaired) electrons. The van der Waals surface area contributed by atoms with Crippen LogP contribution in [0.2, 0.25) is 0 Å². The minimum absolute atomic E-state index is 0.433. The fraction of sp³-hybridized carbons (Fsp3) is 0.677. The van der Waals surface area contributed by atoms with E-state index < -0.39 is 12.2 Å². The van der Waals surface area contributed by atoms with E-state index in [2.05, 4.69) is 43.5 Å². The van der Waals surface area contributed by atoms with Crippen LogP contribution >= 0.6 is 0 Å². The first-order chi connectivity index (χ1) is 16.5. The van der Waals surface area contributed by atoms with Crippen LogP contribution < -0.4 is 0 Å². The topological polar surface area (TPSA) is 40.5 Å². The van der Waals surface area contributed by atoms with Gasteiger partial charge in [0.2, 0.25) is 0 Å². The van der Waals surface area contributed by atoms with Crippen LogP contribution in [-0.2, 0) is 6.54 Å². The highest BCUT2D eigenvalue weighted by atomic mass is 16.3. The maximum absolute atomic E-state index is 10.2. The summed E-state index contributed by atoms with van der Waals surface area (Å²) in [5, 5.41) is 20.3. The molecule has 0 saturated carbocycles. The van der Waals surface area contributed by atoms with Gasteiger partial charge in [-0.05, 0) is 32.8 Å². The van der Waals surface area contributed by atoms with Gasteiger partial charge in [0.1, 0.15) is 31.8 Å². The Hall–Kier alpha value is -1.42. The fourth-order valence-corrected chi connectivity index (χ4v) is 4.89. The molecule has 2 unspecified atom stereocenters. The second-order valence-electron chi connectivity index (χ2n) is 10.4. The van der Waals surface area contributed by atoms with Gasteiger partial charge >= 0.3 is 0 Å². The van der Waals surface area contributed by atoms with Crippen molar-refractivity contribution in [1.82, 2.24) is 0 Å². The Morgan fingerprint density at radius 2 is 1.21 bits per heavy atom. The molecule has 1 aromatic carbocycles. The lowest BCUT2D eigenvalue weighted by Crippen LogP contribution is -2.50. The van der Waals surface area contributed by atoms with Gasteiger partial charge < -0.3 is 10.2 Å². The van der Waals surface area contributed by atoms with Crippen molar-refractivity contribution in [1.29, 1.82) is 0 Å². The summed E-state index contributed by atoms with van der Waals surface area (Å²) in [6.07, 6.45) is 25.5. The van der Waals surface area contributed by atoms with Gasteiger partial charge in [0.05, 0.1) is 6.20 Å². The van der Waals surface area contributed by atoms with E-state index >= 15 is 0 Å². The maximum atomic E-state index is 10.2. The van der Waals surface area contributed by atoms with Crippen molar-refractivity contribution in [2.75, 3.05) is 13.1 Å². The molecule has 0 aliphatic carbocycles. The van der Waals surface area contributed by atoms with Crippen LogP contribution in [0.25, 0.3) is 0 Å². The highest BCUT2D eigenvalue weighted by Crippen LogP contribution is 2.19. The smallest absolute Gasteiger partial charge is 0.109 e. The summed E-state index contributed by atoms with van der Waals surface area (Å²) in [5.41, 5.74) is 1.22. The summed E-state index contributed by atoms with van der Waals surface area (Å²) < 4.78 is 0.544. The number of unbranched alkanes of at least 4 members (excludes halogenated alkanes) is 12. The van der Waals surface area contributed by atoms with Gasteiger partial charge in [-0.1, -0.05) is 120 Å². The Labute approximate surface area is 211 Å². The average Bonchev–Trinajstić information content (AvgIpc) is 2.78. The summed E-state index contributed by atoms with van der Waals surface area (Å²) >= 11 is 0. The molecule has 0 bridgehead atoms. The number of benzene rings is 1. The number of hydrogen-bond donors (Lipinski definition) is 2. The standard InChI is InChI=1S/C31H54NO2/c1-4-5-6-7-8-9-10-11-12-13-14-15-16-17-18-22-25-32(26-29(2)33,27-30(3)34)28-31-23-20-19-21-24-31/h17-25,29-30,33-34H,4-16,26-28H2,1-3H3/q+1/b18-17+,25-22+.